The van der Waals surface area contributed by atoms with Gasteiger partial charge in [-0.15, -0.1) is 11.3 Å². The number of para-hydroxylation sites is 2. The number of thiazole rings is 1. The Morgan fingerprint density at radius 2 is 1.77 bits per heavy atom. The van der Waals surface area contributed by atoms with E-state index in [9.17, 15) is 18.8 Å². The van der Waals surface area contributed by atoms with Crippen molar-refractivity contribution in [1.29, 1.82) is 0 Å². The van der Waals surface area contributed by atoms with E-state index in [0.717, 1.165) is 5.52 Å². The maximum Gasteiger partial charge on any atom is 0.410 e. The zero-order chi connectivity index (χ0) is 28.6. The van der Waals surface area contributed by atoms with Gasteiger partial charge in [0.15, 0.2) is 5.13 Å². The Hall–Kier alpha value is -4.19. The number of benzene rings is 2. The predicted octanol–water partition coefficient (Wildman–Crippen LogP) is 4.72. The Morgan fingerprint density at radius 1 is 1.07 bits per heavy atom. The van der Waals surface area contributed by atoms with Crippen LogP contribution in [-0.2, 0) is 11.3 Å². The van der Waals surface area contributed by atoms with Gasteiger partial charge in [-0.3, -0.25) is 9.36 Å². The Labute approximate surface area is 234 Å². The fraction of sp³-hybridized carbons (Fsp3) is 0.357. The van der Waals surface area contributed by atoms with E-state index in [0.29, 0.717) is 54.7 Å². The van der Waals surface area contributed by atoms with Crippen molar-refractivity contribution in [3.05, 3.63) is 69.8 Å². The number of imidazole rings is 1. The van der Waals surface area contributed by atoms with E-state index in [1.54, 1.807) is 20.9 Å². The normalized spacial score (nSPS) is 14.0. The van der Waals surface area contributed by atoms with Crippen molar-refractivity contribution in [2.75, 3.05) is 36.4 Å². The Morgan fingerprint density at radius 3 is 2.45 bits per heavy atom. The van der Waals surface area contributed by atoms with Gasteiger partial charge in [0.1, 0.15) is 17.1 Å². The van der Waals surface area contributed by atoms with Crippen molar-refractivity contribution in [2.45, 2.75) is 39.8 Å². The second kappa shape index (κ2) is 10.8. The summed E-state index contributed by atoms with van der Waals surface area (Å²) < 4.78 is 22.9. The van der Waals surface area contributed by atoms with Gasteiger partial charge < -0.3 is 19.9 Å². The minimum absolute atomic E-state index is 0.116. The third-order valence-corrected chi connectivity index (χ3v) is 7.37. The standard InChI is InChI=1S/C28H31FN6O4S/c1-5-34-22-8-6-7-9-23(22)35(26(34)37)25-31-20(17-40-25)24(36)30-19-16-18(29)10-11-21(19)32-12-14-33(15-13-32)27(38)39-28(2,3)4/h6-11,16-17H,5,12-15H2,1-4H3,(H,30,36). The molecule has 4 aromatic rings. The number of hydrogen-bond acceptors (Lipinski definition) is 7. The lowest BCUT2D eigenvalue weighted by Crippen LogP contribution is -2.50. The Balaban J connectivity index is 1.34. The molecule has 1 saturated heterocycles. The largest absolute Gasteiger partial charge is 0.444 e. The quantitative estimate of drug-likeness (QED) is 0.375. The second-order valence-electron chi connectivity index (χ2n) is 10.4. The van der Waals surface area contributed by atoms with Gasteiger partial charge in [0.05, 0.1) is 22.4 Å². The lowest BCUT2D eigenvalue weighted by molar-refractivity contribution is 0.0240. The first-order valence-corrected chi connectivity index (χ1v) is 13.9. The fourth-order valence-electron chi connectivity index (χ4n) is 4.70. The molecule has 0 atom stereocenters. The molecule has 1 aliphatic rings. The number of piperazine rings is 1. The molecule has 0 aliphatic carbocycles. The number of nitrogens with zero attached hydrogens (tertiary/aromatic N) is 5. The number of fused-ring (bicyclic) bond motifs is 1. The molecule has 2 amide bonds. The molecule has 40 heavy (non-hydrogen) atoms. The van der Waals surface area contributed by atoms with Gasteiger partial charge in [0.25, 0.3) is 5.91 Å². The minimum Gasteiger partial charge on any atom is -0.444 e. The number of halogens is 1. The Kier molecular flexibility index (Phi) is 7.37. The highest BCUT2D eigenvalue weighted by atomic mass is 32.1. The van der Waals surface area contributed by atoms with Crippen molar-refractivity contribution in [2.24, 2.45) is 0 Å². The van der Waals surface area contributed by atoms with E-state index in [2.05, 4.69) is 10.3 Å². The molecule has 210 valence electrons. The molecule has 2 aromatic carbocycles. The summed E-state index contributed by atoms with van der Waals surface area (Å²) in [5.74, 6) is -1.02. The summed E-state index contributed by atoms with van der Waals surface area (Å²) in [5.41, 5.74) is 1.72. The lowest BCUT2D eigenvalue weighted by Gasteiger charge is -2.37. The summed E-state index contributed by atoms with van der Waals surface area (Å²) in [6.45, 7) is 9.68. The van der Waals surface area contributed by atoms with Crippen LogP contribution in [0.25, 0.3) is 16.2 Å². The smallest absolute Gasteiger partial charge is 0.410 e. The summed E-state index contributed by atoms with van der Waals surface area (Å²) in [5, 5.41) is 4.74. The van der Waals surface area contributed by atoms with Crippen molar-refractivity contribution in [1.82, 2.24) is 19.0 Å². The number of anilines is 2. The first kappa shape index (κ1) is 27.4. The summed E-state index contributed by atoms with van der Waals surface area (Å²) in [4.78, 5) is 46.8. The summed E-state index contributed by atoms with van der Waals surface area (Å²) in [7, 11) is 0. The van der Waals surface area contributed by atoms with Gasteiger partial charge in [-0.2, -0.15) is 0 Å². The van der Waals surface area contributed by atoms with Gasteiger partial charge >= 0.3 is 11.8 Å². The highest BCUT2D eigenvalue weighted by molar-refractivity contribution is 7.12. The average Bonchev–Trinajstić information content (AvgIpc) is 3.50. The van der Waals surface area contributed by atoms with Crippen LogP contribution >= 0.6 is 11.3 Å². The van der Waals surface area contributed by atoms with Crippen molar-refractivity contribution >= 4 is 45.7 Å². The first-order chi connectivity index (χ1) is 19.1. The molecule has 10 nitrogen and oxygen atoms in total. The molecular weight excluding hydrogens is 535 g/mol. The van der Waals surface area contributed by atoms with Crippen LogP contribution < -0.4 is 15.9 Å². The van der Waals surface area contributed by atoms with E-state index in [1.165, 1.54) is 28.0 Å². The van der Waals surface area contributed by atoms with Crippen LogP contribution in [0, 0.1) is 5.82 Å². The number of rotatable bonds is 5. The molecule has 5 rings (SSSR count). The number of ether oxygens (including phenoxy) is 1. The Bertz CT molecular complexity index is 1630. The highest BCUT2D eigenvalue weighted by Gasteiger charge is 2.27. The molecular formula is C28H31FN6O4S. The zero-order valence-corrected chi connectivity index (χ0v) is 23.6. The average molecular weight is 567 g/mol. The van der Waals surface area contributed by atoms with E-state index in [-0.39, 0.29) is 17.5 Å². The van der Waals surface area contributed by atoms with E-state index < -0.39 is 17.3 Å². The third kappa shape index (κ3) is 5.44. The molecule has 1 N–H and O–H groups in total. The number of aromatic nitrogens is 3. The fourth-order valence-corrected chi connectivity index (χ4v) is 5.51. The predicted molar refractivity (Wildman–Crippen MR) is 153 cm³/mol. The molecule has 0 spiro atoms. The van der Waals surface area contributed by atoms with Crippen molar-refractivity contribution < 1.29 is 18.7 Å². The van der Waals surface area contributed by atoms with Gasteiger partial charge in [-0.1, -0.05) is 12.1 Å². The molecule has 0 radical (unpaired) electrons. The number of carbonyl (C=O) groups is 2. The number of hydrogen-bond donors (Lipinski definition) is 1. The highest BCUT2D eigenvalue weighted by Crippen LogP contribution is 2.29. The van der Waals surface area contributed by atoms with Crippen molar-refractivity contribution in [3.63, 3.8) is 0 Å². The number of aryl methyl sites for hydroxylation is 1. The van der Waals surface area contributed by atoms with Crippen LogP contribution in [0.1, 0.15) is 38.2 Å². The van der Waals surface area contributed by atoms with Gasteiger partial charge in [0.2, 0.25) is 0 Å². The first-order valence-electron chi connectivity index (χ1n) is 13.1. The summed E-state index contributed by atoms with van der Waals surface area (Å²) in [6.07, 6.45) is -0.375. The van der Waals surface area contributed by atoms with Gasteiger partial charge in [0, 0.05) is 38.1 Å². The monoisotopic (exact) mass is 566 g/mol. The number of amides is 2. The molecule has 0 bridgehead atoms. The maximum atomic E-state index is 14.3. The van der Waals surface area contributed by atoms with E-state index in [4.69, 9.17) is 4.74 Å². The lowest BCUT2D eigenvalue weighted by atomic mass is 10.2. The van der Waals surface area contributed by atoms with Crippen LogP contribution in [0.2, 0.25) is 0 Å². The maximum absolute atomic E-state index is 14.3. The second-order valence-corrected chi connectivity index (χ2v) is 11.3. The van der Waals surface area contributed by atoms with Crippen molar-refractivity contribution in [3.8, 4) is 5.13 Å². The molecule has 12 heteroatoms. The molecule has 1 aliphatic heterocycles. The van der Waals surface area contributed by atoms with Crippen LogP contribution in [0.4, 0.5) is 20.6 Å². The summed E-state index contributed by atoms with van der Waals surface area (Å²) >= 11 is 1.18. The molecule has 3 heterocycles. The zero-order valence-electron chi connectivity index (χ0n) is 22.8. The summed E-state index contributed by atoms with van der Waals surface area (Å²) in [6, 6.07) is 11.6. The van der Waals surface area contributed by atoms with E-state index >= 15 is 0 Å². The van der Waals surface area contributed by atoms with Crippen LogP contribution in [0.15, 0.2) is 52.6 Å². The SMILES string of the molecule is CCn1c(=O)n(-c2nc(C(=O)Nc3cc(F)ccc3N3CCN(C(=O)OC(C)(C)C)CC3)cs2)c2ccccc21. The van der Waals surface area contributed by atoms with Gasteiger partial charge in [-0.05, 0) is 58.0 Å². The molecule has 2 aromatic heterocycles. The van der Waals surface area contributed by atoms with Gasteiger partial charge in [-0.25, -0.2) is 23.5 Å². The van der Waals surface area contributed by atoms with E-state index in [1.807, 2.05) is 56.9 Å². The van der Waals surface area contributed by atoms with Crippen LogP contribution in [0.5, 0.6) is 0 Å². The number of carbonyl (C=O) groups excluding carboxylic acids is 2. The van der Waals surface area contributed by atoms with Crippen LogP contribution in [0.3, 0.4) is 0 Å². The molecule has 1 fully saturated rings. The van der Waals surface area contributed by atoms with Crippen LogP contribution in [-0.4, -0.2) is 62.8 Å². The molecule has 0 saturated carbocycles. The molecule has 0 unspecified atom stereocenters. The topological polar surface area (TPSA) is 102 Å². The number of nitrogens with one attached hydrogen (secondary N) is 1. The minimum atomic E-state index is -0.584. The third-order valence-electron chi connectivity index (χ3n) is 6.55.